The summed E-state index contributed by atoms with van der Waals surface area (Å²) in [6.45, 7) is 0. The molecule has 2 unspecified atom stereocenters. The third-order valence-electron chi connectivity index (χ3n) is 4.05. The van der Waals surface area contributed by atoms with Crippen LogP contribution in [0.2, 0.25) is 0 Å². The molecule has 0 bridgehead atoms. The molecular formula is C15H19N3O3. The Kier molecular flexibility index (Phi) is 3.79. The molecule has 1 heterocycles. The number of ether oxygens (including phenoxy) is 2. The second-order valence-electron chi connectivity index (χ2n) is 5.42. The van der Waals surface area contributed by atoms with Gasteiger partial charge in [0.2, 0.25) is 0 Å². The first-order chi connectivity index (χ1) is 10.2. The van der Waals surface area contributed by atoms with Gasteiger partial charge in [0.25, 0.3) is 0 Å². The van der Waals surface area contributed by atoms with Crippen molar-refractivity contribution in [3.05, 3.63) is 24.0 Å². The molecule has 6 heteroatoms. The Labute approximate surface area is 122 Å². The highest BCUT2D eigenvalue weighted by Crippen LogP contribution is 2.34. The normalized spacial score (nSPS) is 22.3. The van der Waals surface area contributed by atoms with Gasteiger partial charge in [-0.25, -0.2) is 9.78 Å². The van der Waals surface area contributed by atoms with Gasteiger partial charge < -0.3 is 20.2 Å². The Hall–Kier alpha value is -2.08. The number of benzene rings is 1. The van der Waals surface area contributed by atoms with Gasteiger partial charge in [0.15, 0.2) is 5.75 Å². The zero-order chi connectivity index (χ0) is 14.8. The number of methoxy groups -OCH3 is 1. The highest BCUT2D eigenvalue weighted by atomic mass is 16.5. The van der Waals surface area contributed by atoms with E-state index in [2.05, 4.69) is 9.97 Å². The zero-order valence-corrected chi connectivity index (χ0v) is 12.0. The van der Waals surface area contributed by atoms with E-state index in [1.54, 1.807) is 19.2 Å². The zero-order valence-electron chi connectivity index (χ0n) is 12.0. The van der Waals surface area contributed by atoms with Crippen molar-refractivity contribution in [2.75, 3.05) is 7.11 Å². The molecule has 1 aromatic heterocycles. The summed E-state index contributed by atoms with van der Waals surface area (Å²) in [4.78, 5) is 18.9. The molecule has 3 rings (SSSR count). The number of aromatic nitrogens is 2. The van der Waals surface area contributed by atoms with Gasteiger partial charge in [-0.2, -0.15) is 0 Å². The first-order valence-electron chi connectivity index (χ1n) is 7.16. The maximum absolute atomic E-state index is 10.9. The molecule has 112 valence electrons. The molecule has 1 amide bonds. The monoisotopic (exact) mass is 289 g/mol. The van der Waals surface area contributed by atoms with Crippen molar-refractivity contribution in [1.82, 2.24) is 9.97 Å². The number of nitrogens with zero attached hydrogens (tertiary/aromatic N) is 1. The number of primary amides is 1. The molecule has 1 aliphatic carbocycles. The predicted octanol–water partition coefficient (Wildman–Crippen LogP) is 2.69. The lowest BCUT2D eigenvalue weighted by atomic mass is 9.87. The fraction of sp³-hybridized carbons (Fsp3) is 0.467. The number of aromatic amines is 1. The van der Waals surface area contributed by atoms with Crippen LogP contribution in [0, 0.1) is 0 Å². The summed E-state index contributed by atoms with van der Waals surface area (Å²) in [6, 6.07) is 5.41. The van der Waals surface area contributed by atoms with Crippen LogP contribution in [0.3, 0.4) is 0 Å². The van der Waals surface area contributed by atoms with Crippen LogP contribution in [0.15, 0.2) is 18.2 Å². The molecule has 21 heavy (non-hydrogen) atoms. The second-order valence-corrected chi connectivity index (χ2v) is 5.42. The smallest absolute Gasteiger partial charge is 0.408 e. The van der Waals surface area contributed by atoms with E-state index >= 15 is 0 Å². The Morgan fingerprint density at radius 3 is 3.05 bits per heavy atom. The summed E-state index contributed by atoms with van der Waals surface area (Å²) >= 11 is 0. The van der Waals surface area contributed by atoms with Crippen molar-refractivity contribution in [3.8, 4) is 5.75 Å². The molecule has 2 atom stereocenters. The Balaban J connectivity index is 1.91. The van der Waals surface area contributed by atoms with Crippen LogP contribution >= 0.6 is 0 Å². The Morgan fingerprint density at radius 1 is 1.43 bits per heavy atom. The summed E-state index contributed by atoms with van der Waals surface area (Å²) < 4.78 is 10.5. The van der Waals surface area contributed by atoms with E-state index in [-0.39, 0.29) is 0 Å². The molecule has 0 saturated heterocycles. The van der Waals surface area contributed by atoms with Crippen molar-refractivity contribution in [1.29, 1.82) is 0 Å². The fourth-order valence-electron chi connectivity index (χ4n) is 3.02. The predicted molar refractivity (Wildman–Crippen MR) is 78.3 cm³/mol. The summed E-state index contributed by atoms with van der Waals surface area (Å²) in [5, 5.41) is 0. The third kappa shape index (κ3) is 2.85. The van der Waals surface area contributed by atoms with Crippen molar-refractivity contribution >= 4 is 17.1 Å². The van der Waals surface area contributed by atoms with Gasteiger partial charge in [-0.05, 0) is 31.4 Å². The highest BCUT2D eigenvalue weighted by molar-refractivity contribution is 5.84. The van der Waals surface area contributed by atoms with Gasteiger partial charge >= 0.3 is 6.09 Å². The number of carbonyl (C=O) groups is 1. The number of H-pyrrole nitrogens is 1. The van der Waals surface area contributed by atoms with Crippen molar-refractivity contribution in [2.24, 2.45) is 5.73 Å². The van der Waals surface area contributed by atoms with E-state index in [1.165, 1.54) is 0 Å². The van der Waals surface area contributed by atoms with Crippen LogP contribution in [0.4, 0.5) is 4.79 Å². The minimum absolute atomic E-state index is 0.290. The van der Waals surface area contributed by atoms with E-state index < -0.39 is 6.09 Å². The van der Waals surface area contributed by atoms with E-state index in [1.807, 2.05) is 6.07 Å². The van der Waals surface area contributed by atoms with Crippen molar-refractivity contribution in [2.45, 2.75) is 37.7 Å². The molecule has 0 aliphatic heterocycles. The van der Waals surface area contributed by atoms with E-state index in [9.17, 15) is 4.79 Å². The summed E-state index contributed by atoms with van der Waals surface area (Å²) in [7, 11) is 1.75. The van der Waals surface area contributed by atoms with Gasteiger partial charge in [-0.3, -0.25) is 0 Å². The molecular weight excluding hydrogens is 270 g/mol. The number of carbonyl (C=O) groups excluding carboxylic acids is 1. The lowest BCUT2D eigenvalue weighted by Gasteiger charge is -2.26. The molecule has 2 aromatic rings. The number of nitrogens with one attached hydrogen (secondary N) is 1. The van der Waals surface area contributed by atoms with Crippen LogP contribution in [0.1, 0.15) is 37.4 Å². The van der Waals surface area contributed by atoms with E-state index in [0.29, 0.717) is 23.3 Å². The van der Waals surface area contributed by atoms with Crippen molar-refractivity contribution in [3.63, 3.8) is 0 Å². The van der Waals surface area contributed by atoms with E-state index in [0.717, 1.165) is 37.0 Å². The summed E-state index contributed by atoms with van der Waals surface area (Å²) in [5.41, 5.74) is 6.58. The Morgan fingerprint density at radius 2 is 2.29 bits per heavy atom. The lowest BCUT2D eigenvalue weighted by Crippen LogP contribution is -2.21. The van der Waals surface area contributed by atoms with Gasteiger partial charge in [0.1, 0.15) is 11.3 Å². The standard InChI is InChI=1S/C15H19N3O3/c1-20-10-5-2-4-9(8-10)14-17-11-6-3-7-12(13(11)18-14)21-15(16)19/h3,6-7,9-10H,2,4-5,8H2,1H3,(H2,16,19)(H,17,18). The van der Waals surface area contributed by atoms with E-state index in [4.69, 9.17) is 15.2 Å². The van der Waals surface area contributed by atoms with Crippen LogP contribution in [0.5, 0.6) is 5.75 Å². The molecule has 6 nitrogen and oxygen atoms in total. The molecule has 1 aromatic carbocycles. The van der Waals surface area contributed by atoms with Gasteiger partial charge in [0, 0.05) is 13.0 Å². The molecule has 0 radical (unpaired) electrons. The van der Waals surface area contributed by atoms with Crippen LogP contribution in [-0.4, -0.2) is 29.3 Å². The van der Waals surface area contributed by atoms with Crippen molar-refractivity contribution < 1.29 is 14.3 Å². The number of para-hydroxylation sites is 1. The minimum Gasteiger partial charge on any atom is -0.408 e. The van der Waals surface area contributed by atoms with Crippen LogP contribution in [0.25, 0.3) is 11.0 Å². The summed E-state index contributed by atoms with van der Waals surface area (Å²) in [6.07, 6.45) is 3.74. The number of nitrogens with two attached hydrogens (primary N) is 1. The largest absolute Gasteiger partial charge is 0.410 e. The SMILES string of the molecule is COC1CCCC(c2nc3c(OC(N)=O)cccc3[nH]2)C1. The number of fused-ring (bicyclic) bond motifs is 1. The molecule has 1 fully saturated rings. The van der Waals surface area contributed by atoms with Gasteiger partial charge in [-0.15, -0.1) is 0 Å². The lowest BCUT2D eigenvalue weighted by molar-refractivity contribution is 0.0625. The second kappa shape index (κ2) is 5.73. The average Bonchev–Trinajstić information content (AvgIpc) is 2.92. The summed E-state index contributed by atoms with van der Waals surface area (Å²) in [5.74, 6) is 1.66. The van der Waals surface area contributed by atoms with Crippen LogP contribution in [-0.2, 0) is 4.74 Å². The first kappa shape index (κ1) is 13.9. The first-order valence-corrected chi connectivity index (χ1v) is 7.16. The minimum atomic E-state index is -0.829. The number of hydrogen-bond donors (Lipinski definition) is 2. The van der Waals surface area contributed by atoms with Crippen LogP contribution < -0.4 is 10.5 Å². The highest BCUT2D eigenvalue weighted by Gasteiger charge is 2.25. The molecule has 3 N–H and O–H groups in total. The maximum Gasteiger partial charge on any atom is 0.410 e. The number of amides is 1. The molecule has 1 aliphatic rings. The maximum atomic E-state index is 10.9. The molecule has 0 spiro atoms. The average molecular weight is 289 g/mol. The quantitative estimate of drug-likeness (QED) is 0.909. The molecule has 1 saturated carbocycles. The number of rotatable bonds is 3. The van der Waals surface area contributed by atoms with Gasteiger partial charge in [-0.1, -0.05) is 12.5 Å². The fourth-order valence-corrected chi connectivity index (χ4v) is 3.02. The number of hydrogen-bond acceptors (Lipinski definition) is 4. The van der Waals surface area contributed by atoms with Gasteiger partial charge in [0.05, 0.1) is 11.6 Å². The topological polar surface area (TPSA) is 90.2 Å². The Bertz CT molecular complexity index is 653. The number of imidazole rings is 1. The third-order valence-corrected chi connectivity index (χ3v) is 4.05.